The van der Waals surface area contributed by atoms with Gasteiger partial charge in [-0.05, 0) is 12.1 Å². The van der Waals surface area contributed by atoms with Gasteiger partial charge in [0, 0.05) is 6.20 Å². The second-order valence-corrected chi connectivity index (χ2v) is 5.38. The molecule has 0 spiro atoms. The van der Waals surface area contributed by atoms with Crippen molar-refractivity contribution in [2.24, 2.45) is 0 Å². The lowest BCUT2D eigenvalue weighted by Gasteiger charge is -2.01. The molecule has 0 amide bonds. The molecule has 0 atom stereocenters. The summed E-state index contributed by atoms with van der Waals surface area (Å²) in [6, 6.07) is 3.09. The predicted octanol–water partition coefficient (Wildman–Crippen LogP) is 0.914. The monoisotopic (exact) mass is 155 g/mol. The Morgan fingerprint density at radius 3 is 2.60 bits per heavy atom. The molecule has 1 aromatic heterocycles. The minimum absolute atomic E-state index is 0.149. The lowest BCUT2D eigenvalue weighted by Crippen LogP contribution is -2.29. The number of hydrogen-bond donors (Lipinski definition) is 0. The van der Waals surface area contributed by atoms with Crippen molar-refractivity contribution in [2.45, 2.75) is 13.1 Å². The van der Waals surface area contributed by atoms with Gasteiger partial charge in [-0.2, -0.15) is 0 Å². The van der Waals surface area contributed by atoms with Crippen LogP contribution in [0.4, 0.5) is 4.39 Å². The fraction of sp³-hybridized carbons (Fsp3) is 0.286. The Morgan fingerprint density at radius 1 is 1.50 bits per heavy atom. The molecule has 0 N–H and O–H groups in total. The fourth-order valence-electron chi connectivity index (χ4n) is 0.823. The third-order valence-corrected chi connectivity index (χ3v) is 2.85. The lowest BCUT2D eigenvalue weighted by atomic mass is 10.5. The molecule has 3 heteroatoms. The summed E-state index contributed by atoms with van der Waals surface area (Å²) < 4.78 is 12.8. The van der Waals surface area contributed by atoms with Crippen LogP contribution in [0.15, 0.2) is 18.3 Å². The van der Waals surface area contributed by atoms with E-state index in [1.165, 1.54) is 6.07 Å². The third kappa shape index (κ3) is 1.42. The Hall–Kier alpha value is -0.703. The van der Waals surface area contributed by atoms with Crippen LogP contribution in [0, 0.1) is 5.82 Å². The van der Waals surface area contributed by atoms with E-state index in [1.54, 1.807) is 12.3 Å². The minimum Gasteiger partial charge on any atom is -0.263 e. The molecule has 0 aliphatic rings. The van der Waals surface area contributed by atoms with Crippen LogP contribution in [0.3, 0.4) is 0 Å². The third-order valence-electron chi connectivity index (χ3n) is 1.33. The van der Waals surface area contributed by atoms with Gasteiger partial charge < -0.3 is 0 Å². The number of hydrogen-bond acceptors (Lipinski definition) is 1. The van der Waals surface area contributed by atoms with Crippen molar-refractivity contribution in [2.75, 3.05) is 0 Å². The number of halogens is 1. The molecule has 0 saturated heterocycles. The molecule has 1 rings (SSSR count). The van der Waals surface area contributed by atoms with E-state index in [0.717, 1.165) is 0 Å². The zero-order valence-corrected chi connectivity index (χ0v) is 7.29. The first kappa shape index (κ1) is 7.40. The minimum atomic E-state index is -1.05. The average Bonchev–Trinajstić information content (AvgIpc) is 1.88. The summed E-state index contributed by atoms with van der Waals surface area (Å²) in [5.74, 6) is -0.149. The van der Waals surface area contributed by atoms with Gasteiger partial charge in [-0.1, -0.05) is 13.1 Å². The normalized spacial score (nSPS) is 10.4. The van der Waals surface area contributed by atoms with Crippen LogP contribution < -0.4 is 5.32 Å². The first-order valence-corrected chi connectivity index (χ1v) is 6.21. The van der Waals surface area contributed by atoms with E-state index in [2.05, 4.69) is 18.1 Å². The van der Waals surface area contributed by atoms with Gasteiger partial charge in [-0.15, -0.1) is 0 Å². The number of rotatable bonds is 1. The molecule has 0 aromatic carbocycles. The topological polar surface area (TPSA) is 12.9 Å². The van der Waals surface area contributed by atoms with E-state index in [0.29, 0.717) is 5.32 Å². The van der Waals surface area contributed by atoms with Gasteiger partial charge in [0.2, 0.25) is 0 Å². The quantitative estimate of drug-likeness (QED) is 0.549. The zero-order valence-electron chi connectivity index (χ0n) is 6.13. The van der Waals surface area contributed by atoms with Crippen LogP contribution in [0.1, 0.15) is 0 Å². The SMILES string of the molecule is C[SiH](C)c1ncccc1F. The second kappa shape index (κ2) is 2.92. The maximum Gasteiger partial charge on any atom is 0.139 e. The van der Waals surface area contributed by atoms with Crippen molar-refractivity contribution in [1.82, 2.24) is 4.98 Å². The number of nitrogens with zero attached hydrogens (tertiary/aromatic N) is 1. The van der Waals surface area contributed by atoms with Crippen LogP contribution >= 0.6 is 0 Å². The Balaban J connectivity index is 3.03. The molecule has 0 radical (unpaired) electrons. The summed E-state index contributed by atoms with van der Waals surface area (Å²) in [5.41, 5.74) is 0. The fourth-order valence-corrected chi connectivity index (χ4v) is 1.85. The summed E-state index contributed by atoms with van der Waals surface area (Å²) in [7, 11) is -1.05. The molecule has 0 saturated carbocycles. The largest absolute Gasteiger partial charge is 0.263 e. The van der Waals surface area contributed by atoms with E-state index in [9.17, 15) is 4.39 Å². The van der Waals surface area contributed by atoms with Crippen molar-refractivity contribution < 1.29 is 4.39 Å². The number of pyridine rings is 1. The Bertz CT molecular complexity index is 225. The van der Waals surface area contributed by atoms with E-state index >= 15 is 0 Å². The smallest absolute Gasteiger partial charge is 0.139 e. The first-order chi connectivity index (χ1) is 4.72. The van der Waals surface area contributed by atoms with E-state index in [4.69, 9.17) is 0 Å². The molecule has 0 aliphatic carbocycles. The van der Waals surface area contributed by atoms with Crippen molar-refractivity contribution in [3.05, 3.63) is 24.1 Å². The Kier molecular flexibility index (Phi) is 2.16. The summed E-state index contributed by atoms with van der Waals surface area (Å²) in [5, 5.41) is 0.683. The van der Waals surface area contributed by atoms with Crippen molar-refractivity contribution in [3.8, 4) is 0 Å². The highest BCUT2D eigenvalue weighted by Gasteiger charge is 2.06. The molecular formula is C7H10FNSi. The van der Waals surface area contributed by atoms with Crippen LogP contribution in [-0.4, -0.2) is 13.8 Å². The highest BCUT2D eigenvalue weighted by atomic mass is 28.3. The Labute approximate surface area is 61.5 Å². The first-order valence-electron chi connectivity index (χ1n) is 3.32. The summed E-state index contributed by atoms with van der Waals surface area (Å²) >= 11 is 0. The highest BCUT2D eigenvalue weighted by Crippen LogP contribution is 1.91. The molecular weight excluding hydrogens is 145 g/mol. The van der Waals surface area contributed by atoms with Gasteiger partial charge >= 0.3 is 0 Å². The average molecular weight is 155 g/mol. The zero-order chi connectivity index (χ0) is 7.56. The van der Waals surface area contributed by atoms with Crippen LogP contribution in [-0.2, 0) is 0 Å². The van der Waals surface area contributed by atoms with Crippen LogP contribution in [0.5, 0.6) is 0 Å². The summed E-state index contributed by atoms with van der Waals surface area (Å²) in [6.07, 6.45) is 1.64. The van der Waals surface area contributed by atoms with Crippen molar-refractivity contribution >= 4 is 14.1 Å². The Morgan fingerprint density at radius 2 is 2.20 bits per heavy atom. The molecule has 10 heavy (non-hydrogen) atoms. The lowest BCUT2D eigenvalue weighted by molar-refractivity contribution is 0.631. The predicted molar refractivity (Wildman–Crippen MR) is 42.7 cm³/mol. The molecule has 0 fully saturated rings. The van der Waals surface area contributed by atoms with Crippen LogP contribution in [0.25, 0.3) is 0 Å². The van der Waals surface area contributed by atoms with Crippen LogP contribution in [0.2, 0.25) is 13.1 Å². The molecule has 54 valence electrons. The van der Waals surface area contributed by atoms with Gasteiger partial charge in [0.1, 0.15) is 5.82 Å². The van der Waals surface area contributed by atoms with Gasteiger partial charge in [0.15, 0.2) is 0 Å². The summed E-state index contributed by atoms with van der Waals surface area (Å²) in [6.45, 7) is 4.12. The van der Waals surface area contributed by atoms with Crippen molar-refractivity contribution in [1.29, 1.82) is 0 Å². The summed E-state index contributed by atoms with van der Waals surface area (Å²) in [4.78, 5) is 3.96. The molecule has 1 nitrogen and oxygen atoms in total. The molecule has 1 heterocycles. The molecule has 0 bridgehead atoms. The molecule has 1 aromatic rings. The van der Waals surface area contributed by atoms with Gasteiger partial charge in [-0.3, -0.25) is 4.98 Å². The van der Waals surface area contributed by atoms with Crippen molar-refractivity contribution in [3.63, 3.8) is 0 Å². The van der Waals surface area contributed by atoms with Gasteiger partial charge in [0.05, 0.1) is 14.1 Å². The van der Waals surface area contributed by atoms with E-state index in [1.807, 2.05) is 0 Å². The maximum atomic E-state index is 12.8. The van der Waals surface area contributed by atoms with Gasteiger partial charge in [-0.25, -0.2) is 4.39 Å². The van der Waals surface area contributed by atoms with E-state index in [-0.39, 0.29) is 5.82 Å². The highest BCUT2D eigenvalue weighted by molar-refractivity contribution is 6.69. The standard InChI is InChI=1S/C7H10FNSi/c1-10(2)7-6(8)4-3-5-9-7/h3-5,10H,1-2H3. The maximum absolute atomic E-state index is 12.8. The van der Waals surface area contributed by atoms with Gasteiger partial charge in [0.25, 0.3) is 0 Å². The molecule has 0 unspecified atom stereocenters. The molecule has 0 aliphatic heterocycles. The van der Waals surface area contributed by atoms with E-state index < -0.39 is 8.80 Å². The second-order valence-electron chi connectivity index (χ2n) is 2.53. The number of aromatic nitrogens is 1.